The molecule has 0 atom stereocenters. The highest BCUT2D eigenvalue weighted by molar-refractivity contribution is 7.12. The summed E-state index contributed by atoms with van der Waals surface area (Å²) in [5.74, 6) is -0.498. The maximum atomic E-state index is 12.3. The van der Waals surface area contributed by atoms with Crippen LogP contribution in [0, 0.1) is 10.1 Å². The van der Waals surface area contributed by atoms with E-state index in [2.05, 4.69) is 0 Å². The molecule has 1 aromatic carbocycles. The number of para-hydroxylation sites is 1. The predicted molar refractivity (Wildman–Crippen MR) is 85.9 cm³/mol. The van der Waals surface area contributed by atoms with Crippen LogP contribution in [0.5, 0.6) is 0 Å². The van der Waals surface area contributed by atoms with Gasteiger partial charge in [-0.2, -0.15) is 0 Å². The van der Waals surface area contributed by atoms with E-state index in [1.807, 2.05) is 35.2 Å². The van der Waals surface area contributed by atoms with E-state index in [9.17, 15) is 14.9 Å². The highest BCUT2D eigenvalue weighted by Crippen LogP contribution is 2.24. The van der Waals surface area contributed by atoms with Gasteiger partial charge in [-0.1, -0.05) is 12.1 Å². The molecule has 0 aliphatic carbocycles. The molecule has 0 radical (unpaired) electrons. The van der Waals surface area contributed by atoms with Crippen LogP contribution in [0.3, 0.4) is 0 Å². The minimum Gasteiger partial charge on any atom is -0.456 e. The number of thiophene rings is 1. The van der Waals surface area contributed by atoms with Crippen molar-refractivity contribution >= 4 is 23.0 Å². The fourth-order valence-corrected chi connectivity index (χ4v) is 2.96. The van der Waals surface area contributed by atoms with E-state index in [-0.39, 0.29) is 12.3 Å². The van der Waals surface area contributed by atoms with Gasteiger partial charge in [0, 0.05) is 18.5 Å². The van der Waals surface area contributed by atoms with Crippen LogP contribution in [0.2, 0.25) is 0 Å². The molecular weight excluding hydrogens is 316 g/mol. The van der Waals surface area contributed by atoms with Gasteiger partial charge in [0.05, 0.1) is 16.2 Å². The van der Waals surface area contributed by atoms with Gasteiger partial charge in [0.15, 0.2) is 0 Å². The summed E-state index contributed by atoms with van der Waals surface area (Å²) in [5.41, 5.74) is 1.04. The summed E-state index contributed by atoms with van der Waals surface area (Å²) >= 11 is 1.27. The minimum absolute atomic E-state index is 0.0582. The smallest absolute Gasteiger partial charge is 0.350 e. The van der Waals surface area contributed by atoms with E-state index >= 15 is 0 Å². The van der Waals surface area contributed by atoms with Crippen LogP contribution in [0.15, 0.2) is 60.2 Å². The molecule has 0 fully saturated rings. The summed E-state index contributed by atoms with van der Waals surface area (Å²) in [6, 6.07) is 11.8. The average Bonchev–Trinajstić information content (AvgIpc) is 3.23. The van der Waals surface area contributed by atoms with Gasteiger partial charge in [0.1, 0.15) is 11.5 Å². The second-order valence-electron chi connectivity index (χ2n) is 4.69. The Bertz CT molecular complexity index is 839. The van der Waals surface area contributed by atoms with Crippen molar-refractivity contribution in [2.75, 3.05) is 0 Å². The Balaban J connectivity index is 1.77. The fraction of sp³-hybridized carbons (Fsp3) is 0.0625. The molecule has 0 spiro atoms. The number of carbonyl (C=O) groups excluding carboxylic acids is 1. The number of hydrogen-bond donors (Lipinski definition) is 0. The van der Waals surface area contributed by atoms with Gasteiger partial charge in [-0.25, -0.2) is 4.79 Å². The lowest BCUT2D eigenvalue weighted by Crippen LogP contribution is -2.07. The van der Waals surface area contributed by atoms with Crippen LogP contribution in [0.4, 0.5) is 5.69 Å². The van der Waals surface area contributed by atoms with Gasteiger partial charge < -0.3 is 9.30 Å². The molecule has 0 bridgehead atoms. The second-order valence-corrected chi connectivity index (χ2v) is 5.60. The van der Waals surface area contributed by atoms with Crippen molar-refractivity contribution < 1.29 is 14.5 Å². The lowest BCUT2D eigenvalue weighted by atomic mass is 10.2. The van der Waals surface area contributed by atoms with Gasteiger partial charge in [-0.15, -0.1) is 11.3 Å². The van der Waals surface area contributed by atoms with Crippen molar-refractivity contribution in [1.29, 1.82) is 0 Å². The molecule has 6 nitrogen and oxygen atoms in total. The summed E-state index contributed by atoms with van der Waals surface area (Å²) in [6.07, 6.45) is 3.67. The van der Waals surface area contributed by atoms with Gasteiger partial charge in [0.2, 0.25) is 0 Å². The van der Waals surface area contributed by atoms with Gasteiger partial charge in [-0.05, 0) is 29.6 Å². The first kappa shape index (κ1) is 15.0. The molecule has 0 unspecified atom stereocenters. The summed E-state index contributed by atoms with van der Waals surface area (Å²) < 4.78 is 7.07. The van der Waals surface area contributed by atoms with Crippen LogP contribution in [0.25, 0.3) is 5.69 Å². The Morgan fingerprint density at radius 1 is 1.17 bits per heavy atom. The number of nitro groups is 1. The Morgan fingerprint density at radius 2 is 1.91 bits per heavy atom. The summed E-state index contributed by atoms with van der Waals surface area (Å²) in [4.78, 5) is 23.2. The van der Waals surface area contributed by atoms with Crippen molar-refractivity contribution in [3.8, 4) is 5.69 Å². The van der Waals surface area contributed by atoms with Crippen LogP contribution >= 0.6 is 11.3 Å². The molecule has 3 aromatic rings. The second kappa shape index (κ2) is 6.45. The number of rotatable bonds is 5. The normalized spacial score (nSPS) is 10.4. The molecule has 0 aliphatic rings. The number of hydrogen-bond acceptors (Lipinski definition) is 5. The SMILES string of the molecule is O=C(OCc1ccccc1[N+](=O)[O-])c1sccc1-n1cccc1. The van der Waals surface area contributed by atoms with Crippen molar-refractivity contribution in [3.05, 3.63) is 80.8 Å². The summed E-state index contributed by atoms with van der Waals surface area (Å²) in [6.45, 7) is -0.140. The molecule has 23 heavy (non-hydrogen) atoms. The third-order valence-corrected chi connectivity index (χ3v) is 4.14. The van der Waals surface area contributed by atoms with E-state index in [1.165, 1.54) is 17.4 Å². The molecule has 3 rings (SSSR count). The number of aromatic nitrogens is 1. The van der Waals surface area contributed by atoms with Crippen LogP contribution in [-0.4, -0.2) is 15.5 Å². The Kier molecular flexibility index (Phi) is 4.20. The maximum absolute atomic E-state index is 12.3. The monoisotopic (exact) mass is 328 g/mol. The molecule has 0 amide bonds. The minimum atomic E-state index is -0.498. The van der Waals surface area contributed by atoms with Crippen LogP contribution in [-0.2, 0) is 11.3 Å². The number of ether oxygens (including phenoxy) is 1. The summed E-state index contributed by atoms with van der Waals surface area (Å²) in [7, 11) is 0. The average molecular weight is 328 g/mol. The first-order chi connectivity index (χ1) is 11.2. The first-order valence-corrected chi connectivity index (χ1v) is 7.65. The third-order valence-electron chi connectivity index (χ3n) is 3.26. The Hall–Kier alpha value is -2.93. The lowest BCUT2D eigenvalue weighted by molar-refractivity contribution is -0.385. The van der Waals surface area contributed by atoms with Crippen molar-refractivity contribution in [2.24, 2.45) is 0 Å². The molecule has 0 N–H and O–H groups in total. The zero-order chi connectivity index (χ0) is 16.2. The number of esters is 1. The number of carbonyl (C=O) groups is 1. The number of benzene rings is 1. The van der Waals surface area contributed by atoms with Crippen LogP contribution in [0.1, 0.15) is 15.2 Å². The lowest BCUT2D eigenvalue weighted by Gasteiger charge is -2.07. The maximum Gasteiger partial charge on any atom is 0.350 e. The molecular formula is C16H12N2O4S. The Morgan fingerprint density at radius 3 is 2.65 bits per heavy atom. The first-order valence-electron chi connectivity index (χ1n) is 6.77. The fourth-order valence-electron chi connectivity index (χ4n) is 2.17. The molecule has 7 heteroatoms. The van der Waals surface area contributed by atoms with Crippen molar-refractivity contribution in [2.45, 2.75) is 6.61 Å². The van der Waals surface area contributed by atoms with Gasteiger partial charge in [-0.3, -0.25) is 10.1 Å². The number of nitrogens with zero attached hydrogens (tertiary/aromatic N) is 2. The van der Waals surface area contributed by atoms with E-state index < -0.39 is 10.9 Å². The number of nitro benzene ring substituents is 1. The van der Waals surface area contributed by atoms with E-state index in [4.69, 9.17) is 4.74 Å². The van der Waals surface area contributed by atoms with E-state index in [0.29, 0.717) is 10.4 Å². The van der Waals surface area contributed by atoms with Crippen molar-refractivity contribution in [3.63, 3.8) is 0 Å². The van der Waals surface area contributed by atoms with E-state index in [1.54, 1.807) is 23.6 Å². The largest absolute Gasteiger partial charge is 0.456 e. The highest BCUT2D eigenvalue weighted by atomic mass is 32.1. The standard InChI is InChI=1S/C16H12N2O4S/c19-16(15-14(7-10-23-15)17-8-3-4-9-17)22-11-12-5-1-2-6-13(12)18(20)21/h1-10H,11H2. The molecule has 0 saturated carbocycles. The third kappa shape index (κ3) is 3.14. The molecule has 2 aromatic heterocycles. The van der Waals surface area contributed by atoms with Crippen LogP contribution < -0.4 is 0 Å². The quantitative estimate of drug-likeness (QED) is 0.405. The molecule has 116 valence electrons. The Labute approximate surface area is 135 Å². The highest BCUT2D eigenvalue weighted by Gasteiger charge is 2.18. The molecule has 0 aliphatic heterocycles. The topological polar surface area (TPSA) is 74.4 Å². The van der Waals surface area contributed by atoms with Gasteiger partial charge in [0.25, 0.3) is 5.69 Å². The van der Waals surface area contributed by atoms with Crippen molar-refractivity contribution in [1.82, 2.24) is 4.57 Å². The predicted octanol–water partition coefficient (Wildman–Crippen LogP) is 3.80. The van der Waals surface area contributed by atoms with Gasteiger partial charge >= 0.3 is 5.97 Å². The summed E-state index contributed by atoms with van der Waals surface area (Å²) in [5, 5.41) is 12.8. The van der Waals surface area contributed by atoms with E-state index in [0.717, 1.165) is 5.69 Å². The zero-order valence-corrected chi connectivity index (χ0v) is 12.7. The molecule has 2 heterocycles. The zero-order valence-electron chi connectivity index (χ0n) is 11.9. The molecule has 0 saturated heterocycles.